The molecule has 1 heterocycles. The number of carbonyl (C=O) groups is 1. The maximum Gasteiger partial charge on any atom is 0.224 e. The number of benzene rings is 1. The number of piperidine rings is 1. The van der Waals surface area contributed by atoms with E-state index in [4.69, 9.17) is 0 Å². The van der Waals surface area contributed by atoms with Gasteiger partial charge < -0.3 is 10.4 Å². The van der Waals surface area contributed by atoms with Crippen LogP contribution in [-0.4, -0.2) is 47.2 Å². The van der Waals surface area contributed by atoms with Gasteiger partial charge in [-0.25, -0.2) is 0 Å². The highest BCUT2D eigenvalue weighted by molar-refractivity contribution is 5.78. The average Bonchev–Trinajstić information content (AvgIpc) is 2.56. The molecule has 1 aromatic carbocycles. The molecular formula is C20H30N2O2. The van der Waals surface area contributed by atoms with Crippen LogP contribution in [0.2, 0.25) is 0 Å². The van der Waals surface area contributed by atoms with Crippen LogP contribution in [0.15, 0.2) is 24.3 Å². The van der Waals surface area contributed by atoms with Gasteiger partial charge in [-0.05, 0) is 38.2 Å². The largest absolute Gasteiger partial charge is 0.391 e. The van der Waals surface area contributed by atoms with Gasteiger partial charge in [-0.15, -0.1) is 0 Å². The van der Waals surface area contributed by atoms with E-state index in [2.05, 4.69) is 29.3 Å². The number of hydrogen-bond donors (Lipinski definition) is 2. The molecule has 0 radical (unpaired) electrons. The Bertz CT molecular complexity index is 552. The Morgan fingerprint density at radius 1 is 1.21 bits per heavy atom. The molecule has 24 heavy (non-hydrogen) atoms. The van der Waals surface area contributed by atoms with E-state index in [1.165, 1.54) is 12.0 Å². The van der Waals surface area contributed by atoms with E-state index in [-0.39, 0.29) is 18.1 Å². The van der Waals surface area contributed by atoms with Crippen LogP contribution >= 0.6 is 0 Å². The van der Waals surface area contributed by atoms with Gasteiger partial charge in [-0.1, -0.05) is 42.7 Å². The van der Waals surface area contributed by atoms with Crippen LogP contribution in [0.3, 0.4) is 0 Å². The zero-order chi connectivity index (χ0) is 16.9. The zero-order valence-corrected chi connectivity index (χ0v) is 14.7. The summed E-state index contributed by atoms with van der Waals surface area (Å²) in [4.78, 5) is 14.7. The van der Waals surface area contributed by atoms with Crippen LogP contribution in [0.25, 0.3) is 0 Å². The summed E-state index contributed by atoms with van der Waals surface area (Å²) < 4.78 is 0. The molecule has 1 aliphatic carbocycles. The summed E-state index contributed by atoms with van der Waals surface area (Å²) in [6.45, 7) is 4.02. The molecular weight excluding hydrogens is 300 g/mol. The number of aliphatic hydroxyl groups excluding tert-OH is 1. The summed E-state index contributed by atoms with van der Waals surface area (Å²) in [6.07, 6.45) is 6.72. The van der Waals surface area contributed by atoms with Gasteiger partial charge in [0.2, 0.25) is 5.91 Å². The second-order valence-electron chi connectivity index (χ2n) is 7.46. The Labute approximate surface area is 145 Å². The van der Waals surface area contributed by atoms with Gasteiger partial charge in [0.15, 0.2) is 0 Å². The lowest BCUT2D eigenvalue weighted by Crippen LogP contribution is -2.52. The summed E-state index contributed by atoms with van der Waals surface area (Å²) in [7, 11) is 0. The third kappa shape index (κ3) is 4.58. The molecule has 132 valence electrons. The number of carbonyl (C=O) groups excluding carboxylic acids is 1. The van der Waals surface area contributed by atoms with E-state index in [0.29, 0.717) is 12.5 Å². The maximum absolute atomic E-state index is 12.3. The lowest BCUT2D eigenvalue weighted by molar-refractivity contribution is -0.121. The van der Waals surface area contributed by atoms with Crippen molar-refractivity contribution in [1.82, 2.24) is 10.2 Å². The van der Waals surface area contributed by atoms with E-state index in [1.807, 2.05) is 12.1 Å². The first-order valence-electron chi connectivity index (χ1n) is 9.39. The summed E-state index contributed by atoms with van der Waals surface area (Å²) in [5.74, 6) is 0.122. The first-order chi connectivity index (χ1) is 11.6. The predicted molar refractivity (Wildman–Crippen MR) is 95.9 cm³/mol. The number of nitrogens with one attached hydrogen (secondary N) is 1. The molecule has 1 aliphatic heterocycles. The fourth-order valence-corrected chi connectivity index (χ4v) is 4.18. The highest BCUT2D eigenvalue weighted by Crippen LogP contribution is 2.25. The monoisotopic (exact) mass is 330 g/mol. The third-order valence-electron chi connectivity index (χ3n) is 5.50. The van der Waals surface area contributed by atoms with Crippen LogP contribution in [0, 0.1) is 6.92 Å². The van der Waals surface area contributed by atoms with Crippen LogP contribution in [0.4, 0.5) is 0 Å². The molecule has 0 bridgehead atoms. The molecule has 0 aromatic heterocycles. The fourth-order valence-electron chi connectivity index (χ4n) is 4.18. The van der Waals surface area contributed by atoms with Crippen molar-refractivity contribution in [3.05, 3.63) is 35.4 Å². The predicted octanol–water partition coefficient (Wildman–Crippen LogP) is 2.42. The second-order valence-corrected chi connectivity index (χ2v) is 7.46. The molecule has 0 spiro atoms. The van der Waals surface area contributed by atoms with Crippen molar-refractivity contribution in [2.24, 2.45) is 0 Å². The number of amides is 1. The van der Waals surface area contributed by atoms with Crippen LogP contribution in [-0.2, 0) is 11.2 Å². The normalized spacial score (nSPS) is 26.2. The lowest BCUT2D eigenvalue weighted by Gasteiger charge is -2.41. The van der Waals surface area contributed by atoms with E-state index in [0.717, 1.165) is 50.8 Å². The van der Waals surface area contributed by atoms with Gasteiger partial charge in [0.05, 0.1) is 12.5 Å². The van der Waals surface area contributed by atoms with Crippen molar-refractivity contribution >= 4 is 5.91 Å². The second kappa shape index (κ2) is 8.13. The van der Waals surface area contributed by atoms with Gasteiger partial charge in [-0.3, -0.25) is 9.69 Å². The number of aliphatic hydroxyl groups is 1. The van der Waals surface area contributed by atoms with Gasteiger partial charge in [0.1, 0.15) is 0 Å². The molecule has 4 nitrogen and oxygen atoms in total. The molecule has 4 heteroatoms. The lowest BCUT2D eigenvalue weighted by atomic mass is 9.89. The zero-order valence-electron chi connectivity index (χ0n) is 14.7. The smallest absolute Gasteiger partial charge is 0.224 e. The van der Waals surface area contributed by atoms with Gasteiger partial charge in [-0.2, -0.15) is 0 Å². The van der Waals surface area contributed by atoms with Gasteiger partial charge in [0, 0.05) is 25.2 Å². The van der Waals surface area contributed by atoms with Crippen LogP contribution in [0.1, 0.15) is 49.7 Å². The van der Waals surface area contributed by atoms with Crippen molar-refractivity contribution in [3.63, 3.8) is 0 Å². The van der Waals surface area contributed by atoms with Crippen molar-refractivity contribution in [3.8, 4) is 0 Å². The Morgan fingerprint density at radius 3 is 2.67 bits per heavy atom. The number of likely N-dealkylation sites (tertiary alicyclic amines) is 1. The maximum atomic E-state index is 12.3. The minimum Gasteiger partial charge on any atom is -0.391 e. The van der Waals surface area contributed by atoms with E-state index >= 15 is 0 Å². The van der Waals surface area contributed by atoms with Crippen LogP contribution < -0.4 is 5.32 Å². The number of nitrogens with zero attached hydrogens (tertiary/aromatic N) is 1. The highest BCUT2D eigenvalue weighted by Gasteiger charge is 2.31. The van der Waals surface area contributed by atoms with Crippen LogP contribution in [0.5, 0.6) is 0 Å². The van der Waals surface area contributed by atoms with Crippen molar-refractivity contribution < 1.29 is 9.90 Å². The molecule has 2 unspecified atom stereocenters. The van der Waals surface area contributed by atoms with Gasteiger partial charge in [0.25, 0.3) is 0 Å². The van der Waals surface area contributed by atoms with E-state index in [1.54, 1.807) is 0 Å². The Hall–Kier alpha value is -1.39. The molecule has 2 N–H and O–H groups in total. The molecule has 2 fully saturated rings. The standard InChI is InChI=1S/C20H30N2O2/c1-15-5-4-6-16(13-15)14-20(24)21-17-9-11-22(12-10-17)18-7-2-3-8-19(18)23/h4-6,13,17-19,23H,2-3,7-12,14H2,1H3,(H,21,24). The molecule has 1 amide bonds. The van der Waals surface area contributed by atoms with Crippen molar-refractivity contribution in [1.29, 1.82) is 0 Å². The fraction of sp³-hybridized carbons (Fsp3) is 0.650. The molecule has 2 aliphatic rings. The average molecular weight is 330 g/mol. The van der Waals surface area contributed by atoms with E-state index in [9.17, 15) is 9.90 Å². The minimum absolute atomic E-state index is 0.122. The molecule has 2 atom stereocenters. The summed E-state index contributed by atoms with van der Waals surface area (Å²) in [5, 5.41) is 13.4. The summed E-state index contributed by atoms with van der Waals surface area (Å²) in [6, 6.07) is 8.76. The first kappa shape index (κ1) is 17.4. The molecule has 1 saturated carbocycles. The van der Waals surface area contributed by atoms with Crippen molar-refractivity contribution in [2.45, 2.75) is 70.1 Å². The number of hydrogen-bond acceptors (Lipinski definition) is 3. The third-order valence-corrected chi connectivity index (χ3v) is 5.50. The minimum atomic E-state index is -0.161. The Balaban J connectivity index is 1.44. The van der Waals surface area contributed by atoms with Gasteiger partial charge >= 0.3 is 0 Å². The van der Waals surface area contributed by atoms with E-state index < -0.39 is 0 Å². The first-order valence-corrected chi connectivity index (χ1v) is 9.39. The SMILES string of the molecule is Cc1cccc(CC(=O)NC2CCN(C3CCCCC3O)CC2)c1. The van der Waals surface area contributed by atoms with Crippen molar-refractivity contribution in [2.75, 3.05) is 13.1 Å². The molecule has 3 rings (SSSR count). The quantitative estimate of drug-likeness (QED) is 0.891. The summed E-state index contributed by atoms with van der Waals surface area (Å²) >= 11 is 0. The number of aryl methyl sites for hydroxylation is 1. The topological polar surface area (TPSA) is 52.6 Å². The Morgan fingerprint density at radius 2 is 1.96 bits per heavy atom. The highest BCUT2D eigenvalue weighted by atomic mass is 16.3. The molecule has 1 aromatic rings. The number of rotatable bonds is 4. The molecule has 1 saturated heterocycles. The summed E-state index contributed by atoms with van der Waals surface area (Å²) in [5.41, 5.74) is 2.27. The Kier molecular flexibility index (Phi) is 5.90.